The number of nitro groups is 1. The summed E-state index contributed by atoms with van der Waals surface area (Å²) in [5, 5.41) is 16.3. The van der Waals surface area contributed by atoms with Crippen LogP contribution in [0.15, 0.2) is 42.5 Å². The first-order valence-electron chi connectivity index (χ1n) is 6.50. The number of hydrogen-bond donors (Lipinski definition) is 2. The SMILES string of the molecule is Cc1c(NC(=O)CNc2ccc(F)cc2)cccc1[N+](=O)[O-]. The van der Waals surface area contributed by atoms with Crippen molar-refractivity contribution in [2.24, 2.45) is 0 Å². The van der Waals surface area contributed by atoms with Gasteiger partial charge in [-0.1, -0.05) is 6.07 Å². The van der Waals surface area contributed by atoms with Gasteiger partial charge in [-0.15, -0.1) is 0 Å². The molecule has 0 saturated heterocycles. The molecule has 0 atom stereocenters. The van der Waals surface area contributed by atoms with Gasteiger partial charge in [-0.2, -0.15) is 0 Å². The summed E-state index contributed by atoms with van der Waals surface area (Å²) in [4.78, 5) is 22.2. The molecule has 7 heteroatoms. The quantitative estimate of drug-likeness (QED) is 0.656. The Morgan fingerprint density at radius 1 is 1.23 bits per heavy atom. The predicted octanol–water partition coefficient (Wildman–Crippen LogP) is 3.09. The highest BCUT2D eigenvalue weighted by Crippen LogP contribution is 2.24. The van der Waals surface area contributed by atoms with E-state index < -0.39 is 4.92 Å². The number of anilines is 2. The number of nitrogens with one attached hydrogen (secondary N) is 2. The molecule has 0 heterocycles. The second-order valence-electron chi connectivity index (χ2n) is 4.62. The minimum atomic E-state index is -0.498. The molecule has 6 nitrogen and oxygen atoms in total. The Morgan fingerprint density at radius 2 is 1.91 bits per heavy atom. The van der Waals surface area contributed by atoms with Crippen LogP contribution in [0.4, 0.5) is 21.5 Å². The fourth-order valence-corrected chi connectivity index (χ4v) is 1.90. The van der Waals surface area contributed by atoms with Crippen molar-refractivity contribution in [2.45, 2.75) is 6.92 Å². The molecule has 2 aromatic carbocycles. The third kappa shape index (κ3) is 3.78. The lowest BCUT2D eigenvalue weighted by molar-refractivity contribution is -0.385. The average Bonchev–Trinajstić information content (AvgIpc) is 2.48. The van der Waals surface area contributed by atoms with E-state index >= 15 is 0 Å². The Balaban J connectivity index is 1.99. The van der Waals surface area contributed by atoms with Crippen LogP contribution in [0, 0.1) is 22.9 Å². The Bertz CT molecular complexity index is 702. The number of amides is 1. The fourth-order valence-electron chi connectivity index (χ4n) is 1.90. The smallest absolute Gasteiger partial charge is 0.274 e. The maximum atomic E-state index is 12.8. The van der Waals surface area contributed by atoms with E-state index in [0.29, 0.717) is 16.9 Å². The van der Waals surface area contributed by atoms with Crippen LogP contribution in [-0.4, -0.2) is 17.4 Å². The minimum absolute atomic E-state index is 0.0340. The molecule has 0 aliphatic heterocycles. The summed E-state index contributed by atoms with van der Waals surface area (Å²) >= 11 is 0. The Morgan fingerprint density at radius 3 is 2.55 bits per heavy atom. The fraction of sp³-hybridized carbons (Fsp3) is 0.133. The molecule has 0 saturated carbocycles. The van der Waals surface area contributed by atoms with Gasteiger partial charge in [0.15, 0.2) is 0 Å². The summed E-state index contributed by atoms with van der Waals surface area (Å²) in [6.07, 6.45) is 0. The molecular weight excluding hydrogens is 289 g/mol. The molecule has 0 aromatic heterocycles. The molecule has 0 aliphatic rings. The molecule has 2 N–H and O–H groups in total. The van der Waals surface area contributed by atoms with Crippen molar-refractivity contribution >= 4 is 23.0 Å². The van der Waals surface area contributed by atoms with Gasteiger partial charge in [0.2, 0.25) is 5.91 Å². The lowest BCUT2D eigenvalue weighted by Gasteiger charge is -2.10. The summed E-state index contributed by atoms with van der Waals surface area (Å²) in [5.41, 5.74) is 1.33. The number of nitrogens with zero attached hydrogens (tertiary/aromatic N) is 1. The first-order valence-corrected chi connectivity index (χ1v) is 6.50. The highest BCUT2D eigenvalue weighted by molar-refractivity contribution is 5.94. The topological polar surface area (TPSA) is 84.3 Å². The standard InChI is InChI=1S/C15H14FN3O3/c1-10-13(3-2-4-14(10)19(21)22)18-15(20)9-17-12-7-5-11(16)6-8-12/h2-8,17H,9H2,1H3,(H,18,20). The highest BCUT2D eigenvalue weighted by Gasteiger charge is 2.14. The zero-order valence-corrected chi connectivity index (χ0v) is 11.8. The first kappa shape index (κ1) is 15.4. The molecule has 0 radical (unpaired) electrons. The van der Waals surface area contributed by atoms with E-state index in [1.54, 1.807) is 13.0 Å². The number of carbonyl (C=O) groups is 1. The number of carbonyl (C=O) groups excluding carboxylic acids is 1. The maximum Gasteiger partial charge on any atom is 0.274 e. The summed E-state index contributed by atoms with van der Waals surface area (Å²) in [6, 6.07) is 10.1. The lowest BCUT2D eigenvalue weighted by Crippen LogP contribution is -2.22. The number of benzene rings is 2. The van der Waals surface area contributed by atoms with E-state index in [-0.39, 0.29) is 24.0 Å². The summed E-state index contributed by atoms with van der Waals surface area (Å²) in [6.45, 7) is 1.54. The van der Waals surface area contributed by atoms with Gasteiger partial charge in [0.25, 0.3) is 5.69 Å². The van der Waals surface area contributed by atoms with Crippen molar-refractivity contribution in [3.8, 4) is 0 Å². The number of rotatable bonds is 5. The van der Waals surface area contributed by atoms with E-state index in [1.807, 2.05) is 0 Å². The normalized spacial score (nSPS) is 10.1. The van der Waals surface area contributed by atoms with Crippen molar-refractivity contribution < 1.29 is 14.1 Å². The lowest BCUT2D eigenvalue weighted by atomic mass is 10.1. The van der Waals surface area contributed by atoms with Crippen LogP contribution < -0.4 is 10.6 Å². The summed E-state index contributed by atoms with van der Waals surface area (Å²) in [5.74, 6) is -0.713. The monoisotopic (exact) mass is 303 g/mol. The zero-order valence-electron chi connectivity index (χ0n) is 11.8. The molecule has 2 aromatic rings. The van der Waals surface area contributed by atoms with Gasteiger partial charge >= 0.3 is 0 Å². The van der Waals surface area contributed by atoms with E-state index in [0.717, 1.165) is 0 Å². The third-order valence-corrected chi connectivity index (χ3v) is 3.07. The molecule has 1 amide bonds. The van der Waals surface area contributed by atoms with Crippen LogP contribution in [0.2, 0.25) is 0 Å². The van der Waals surface area contributed by atoms with Gasteiger partial charge in [-0.05, 0) is 37.3 Å². The average molecular weight is 303 g/mol. The molecule has 114 valence electrons. The second kappa shape index (κ2) is 6.66. The molecule has 0 unspecified atom stereocenters. The van der Waals surface area contributed by atoms with Crippen molar-refractivity contribution in [1.29, 1.82) is 0 Å². The Labute approximate surface area is 126 Å². The van der Waals surface area contributed by atoms with Crippen molar-refractivity contribution in [3.05, 3.63) is 64.0 Å². The Kier molecular flexibility index (Phi) is 4.67. The van der Waals surface area contributed by atoms with E-state index in [1.165, 1.54) is 36.4 Å². The maximum absolute atomic E-state index is 12.8. The van der Waals surface area contributed by atoms with Crippen molar-refractivity contribution in [1.82, 2.24) is 0 Å². The van der Waals surface area contributed by atoms with Gasteiger partial charge in [-0.25, -0.2) is 4.39 Å². The van der Waals surface area contributed by atoms with E-state index in [2.05, 4.69) is 10.6 Å². The molecule has 0 aliphatic carbocycles. The van der Waals surface area contributed by atoms with E-state index in [9.17, 15) is 19.3 Å². The molecule has 2 rings (SSSR count). The van der Waals surface area contributed by atoms with Gasteiger partial charge in [-0.3, -0.25) is 14.9 Å². The van der Waals surface area contributed by atoms with Gasteiger partial charge in [0.05, 0.1) is 22.7 Å². The van der Waals surface area contributed by atoms with Crippen molar-refractivity contribution in [3.63, 3.8) is 0 Å². The van der Waals surface area contributed by atoms with Gasteiger partial charge < -0.3 is 10.6 Å². The predicted molar refractivity (Wildman–Crippen MR) is 81.4 cm³/mol. The van der Waals surface area contributed by atoms with Crippen LogP contribution in [0.3, 0.4) is 0 Å². The van der Waals surface area contributed by atoms with E-state index in [4.69, 9.17) is 0 Å². The van der Waals surface area contributed by atoms with Crippen LogP contribution in [0.25, 0.3) is 0 Å². The molecule has 0 fully saturated rings. The zero-order chi connectivity index (χ0) is 16.1. The van der Waals surface area contributed by atoms with Gasteiger partial charge in [0.1, 0.15) is 5.82 Å². The highest BCUT2D eigenvalue weighted by atomic mass is 19.1. The second-order valence-corrected chi connectivity index (χ2v) is 4.62. The van der Waals surface area contributed by atoms with Crippen molar-refractivity contribution in [2.75, 3.05) is 17.2 Å². The molecule has 0 bridgehead atoms. The summed E-state index contributed by atoms with van der Waals surface area (Å²) in [7, 11) is 0. The molecule has 0 spiro atoms. The molecule has 22 heavy (non-hydrogen) atoms. The minimum Gasteiger partial charge on any atom is -0.376 e. The number of nitro benzene ring substituents is 1. The largest absolute Gasteiger partial charge is 0.376 e. The number of hydrogen-bond acceptors (Lipinski definition) is 4. The van der Waals surface area contributed by atoms with Gasteiger partial charge in [0, 0.05) is 11.8 Å². The van der Waals surface area contributed by atoms with Crippen LogP contribution in [0.1, 0.15) is 5.56 Å². The molecular formula is C15H14FN3O3. The summed E-state index contributed by atoms with van der Waals surface area (Å²) < 4.78 is 12.8. The first-order chi connectivity index (χ1) is 10.5. The Hall–Kier alpha value is -2.96. The van der Waals surface area contributed by atoms with Crippen LogP contribution >= 0.6 is 0 Å². The van der Waals surface area contributed by atoms with Crippen LogP contribution in [0.5, 0.6) is 0 Å². The third-order valence-electron chi connectivity index (χ3n) is 3.07. The number of halogens is 1. The van der Waals surface area contributed by atoms with Crippen LogP contribution in [-0.2, 0) is 4.79 Å².